The Kier molecular flexibility index (Phi) is 10.00. The van der Waals surface area contributed by atoms with Gasteiger partial charge in [-0.05, 0) is 68.8 Å². The molecular weight excluding hydrogens is 472 g/mol. The van der Waals surface area contributed by atoms with Crippen molar-refractivity contribution in [1.29, 1.82) is 0 Å². The summed E-state index contributed by atoms with van der Waals surface area (Å²) < 4.78 is 5.15. The van der Waals surface area contributed by atoms with Crippen molar-refractivity contribution in [2.45, 2.75) is 33.2 Å². The number of benzene rings is 2. The lowest BCUT2D eigenvalue weighted by Crippen LogP contribution is -2.50. The third-order valence-corrected chi connectivity index (χ3v) is 6.15. The molecule has 10 nitrogen and oxygen atoms in total. The molecule has 1 heterocycles. The first kappa shape index (κ1) is 27.6. The van der Waals surface area contributed by atoms with Crippen LogP contribution in [0.5, 0.6) is 5.75 Å². The fourth-order valence-electron chi connectivity index (χ4n) is 3.98. The van der Waals surface area contributed by atoms with E-state index in [0.717, 1.165) is 23.5 Å². The van der Waals surface area contributed by atoms with Crippen molar-refractivity contribution in [3.05, 3.63) is 48.5 Å². The van der Waals surface area contributed by atoms with Crippen LogP contribution in [0.25, 0.3) is 0 Å². The summed E-state index contributed by atoms with van der Waals surface area (Å²) in [4.78, 5) is 43.0. The van der Waals surface area contributed by atoms with E-state index in [1.165, 1.54) is 4.90 Å². The van der Waals surface area contributed by atoms with Crippen molar-refractivity contribution in [2.24, 2.45) is 0 Å². The Morgan fingerprint density at radius 3 is 2.08 bits per heavy atom. The Hall–Kier alpha value is -3.95. The normalized spacial score (nSPS) is 13.2. The third-order valence-electron chi connectivity index (χ3n) is 6.15. The molecule has 2 aromatic carbocycles. The predicted molar refractivity (Wildman–Crippen MR) is 146 cm³/mol. The second-order valence-corrected chi connectivity index (χ2v) is 9.18. The monoisotopic (exact) mass is 510 g/mol. The number of ether oxygens (including phenoxy) is 1. The number of carbonyl (C=O) groups excluding carboxylic acids is 3. The van der Waals surface area contributed by atoms with Crippen LogP contribution in [-0.4, -0.2) is 80.2 Å². The molecule has 0 unspecified atom stereocenters. The van der Waals surface area contributed by atoms with Gasteiger partial charge in [0.2, 0.25) is 5.91 Å². The molecule has 1 saturated heterocycles. The topological polar surface area (TPSA) is 106 Å². The third kappa shape index (κ3) is 8.03. The number of hydrogen-bond donors (Lipinski definition) is 3. The SMILES string of the molecule is CCCNC(=O)N(CC(=O)Nc1ccc(N2CCN(C(=O)Nc3ccc(OC)cc3)CC2)cc1)C(C)C. The molecule has 0 aliphatic carbocycles. The van der Waals surface area contributed by atoms with E-state index >= 15 is 0 Å². The molecule has 10 heteroatoms. The van der Waals surface area contributed by atoms with Crippen LogP contribution in [0.4, 0.5) is 26.7 Å². The number of nitrogens with zero attached hydrogens (tertiary/aromatic N) is 3. The first-order chi connectivity index (χ1) is 17.8. The van der Waals surface area contributed by atoms with Gasteiger partial charge in [0.05, 0.1) is 7.11 Å². The van der Waals surface area contributed by atoms with Crippen molar-refractivity contribution in [3.63, 3.8) is 0 Å². The molecule has 0 aromatic heterocycles. The smallest absolute Gasteiger partial charge is 0.321 e. The van der Waals surface area contributed by atoms with Crippen LogP contribution in [0.2, 0.25) is 0 Å². The van der Waals surface area contributed by atoms with Gasteiger partial charge in [-0.1, -0.05) is 6.92 Å². The lowest BCUT2D eigenvalue weighted by molar-refractivity contribution is -0.117. The van der Waals surface area contributed by atoms with Crippen molar-refractivity contribution < 1.29 is 19.1 Å². The van der Waals surface area contributed by atoms with Gasteiger partial charge >= 0.3 is 12.1 Å². The Bertz CT molecular complexity index is 1030. The Balaban J connectivity index is 1.47. The molecule has 1 aliphatic heterocycles. The van der Waals surface area contributed by atoms with E-state index in [1.54, 1.807) is 12.0 Å². The number of anilines is 3. The van der Waals surface area contributed by atoms with Crippen LogP contribution < -0.4 is 25.6 Å². The summed E-state index contributed by atoms with van der Waals surface area (Å²) in [5, 5.41) is 8.62. The maximum absolute atomic E-state index is 12.6. The molecule has 200 valence electrons. The molecule has 0 saturated carbocycles. The van der Waals surface area contributed by atoms with Crippen LogP contribution in [0, 0.1) is 0 Å². The highest BCUT2D eigenvalue weighted by atomic mass is 16.5. The van der Waals surface area contributed by atoms with Gasteiger partial charge in [0.1, 0.15) is 12.3 Å². The van der Waals surface area contributed by atoms with E-state index < -0.39 is 0 Å². The average Bonchev–Trinajstić information content (AvgIpc) is 2.91. The van der Waals surface area contributed by atoms with Crippen LogP contribution in [0.15, 0.2) is 48.5 Å². The number of amides is 5. The Labute approximate surface area is 218 Å². The summed E-state index contributed by atoms with van der Waals surface area (Å²) in [5.41, 5.74) is 2.42. The van der Waals surface area contributed by atoms with Crippen molar-refractivity contribution in [1.82, 2.24) is 15.1 Å². The van der Waals surface area contributed by atoms with Gasteiger partial charge in [-0.15, -0.1) is 0 Å². The average molecular weight is 511 g/mol. The molecule has 1 fully saturated rings. The van der Waals surface area contributed by atoms with Crippen molar-refractivity contribution in [2.75, 3.05) is 61.9 Å². The van der Waals surface area contributed by atoms with E-state index in [2.05, 4.69) is 20.9 Å². The zero-order valence-electron chi connectivity index (χ0n) is 22.1. The molecule has 5 amide bonds. The van der Waals surface area contributed by atoms with E-state index in [1.807, 2.05) is 69.3 Å². The Morgan fingerprint density at radius 2 is 1.51 bits per heavy atom. The van der Waals surface area contributed by atoms with Crippen LogP contribution in [-0.2, 0) is 4.79 Å². The molecule has 1 aliphatic rings. The van der Waals surface area contributed by atoms with Gasteiger partial charge in [-0.2, -0.15) is 0 Å². The fraction of sp³-hybridized carbons (Fsp3) is 0.444. The highest BCUT2D eigenvalue weighted by molar-refractivity contribution is 5.94. The highest BCUT2D eigenvalue weighted by Gasteiger charge is 2.22. The summed E-state index contributed by atoms with van der Waals surface area (Å²) in [7, 11) is 1.61. The minimum absolute atomic E-state index is 0.0183. The zero-order valence-corrected chi connectivity index (χ0v) is 22.1. The number of nitrogens with one attached hydrogen (secondary N) is 3. The highest BCUT2D eigenvalue weighted by Crippen LogP contribution is 2.21. The van der Waals surface area contributed by atoms with E-state index in [4.69, 9.17) is 4.74 Å². The van der Waals surface area contributed by atoms with Crippen molar-refractivity contribution >= 4 is 35.0 Å². The van der Waals surface area contributed by atoms with E-state index in [0.29, 0.717) is 38.4 Å². The molecule has 0 atom stereocenters. The lowest BCUT2D eigenvalue weighted by Gasteiger charge is -2.36. The molecular formula is C27H38N6O4. The van der Waals surface area contributed by atoms with E-state index in [-0.39, 0.29) is 30.6 Å². The van der Waals surface area contributed by atoms with Gasteiger partial charge in [-0.25, -0.2) is 9.59 Å². The number of hydrogen-bond acceptors (Lipinski definition) is 5. The van der Waals surface area contributed by atoms with Gasteiger partial charge in [-0.3, -0.25) is 4.79 Å². The quantitative estimate of drug-likeness (QED) is 0.476. The second kappa shape index (κ2) is 13.4. The largest absolute Gasteiger partial charge is 0.497 e. The molecule has 3 N–H and O–H groups in total. The van der Waals surface area contributed by atoms with Crippen LogP contribution in [0.3, 0.4) is 0 Å². The molecule has 37 heavy (non-hydrogen) atoms. The summed E-state index contributed by atoms with van der Waals surface area (Å²) >= 11 is 0. The van der Waals surface area contributed by atoms with Gasteiger partial charge in [0, 0.05) is 55.8 Å². The minimum atomic E-state index is -0.246. The lowest BCUT2D eigenvalue weighted by atomic mass is 10.2. The number of piperazine rings is 1. The van der Waals surface area contributed by atoms with Gasteiger partial charge in [0.15, 0.2) is 0 Å². The van der Waals surface area contributed by atoms with Gasteiger partial charge in [0.25, 0.3) is 0 Å². The number of carbonyl (C=O) groups is 3. The Morgan fingerprint density at radius 1 is 0.919 bits per heavy atom. The first-order valence-electron chi connectivity index (χ1n) is 12.7. The fourth-order valence-corrected chi connectivity index (χ4v) is 3.98. The van der Waals surface area contributed by atoms with Gasteiger partial charge < -0.3 is 35.4 Å². The maximum atomic E-state index is 12.6. The molecule has 3 rings (SSSR count). The zero-order chi connectivity index (χ0) is 26.8. The first-order valence-corrected chi connectivity index (χ1v) is 12.7. The molecule has 0 radical (unpaired) electrons. The van der Waals surface area contributed by atoms with Crippen molar-refractivity contribution in [3.8, 4) is 5.75 Å². The van der Waals surface area contributed by atoms with Crippen LogP contribution in [0.1, 0.15) is 27.2 Å². The second-order valence-electron chi connectivity index (χ2n) is 9.18. The maximum Gasteiger partial charge on any atom is 0.321 e. The molecule has 0 spiro atoms. The summed E-state index contributed by atoms with van der Waals surface area (Å²) in [6, 6.07) is 14.4. The van der Waals surface area contributed by atoms with E-state index in [9.17, 15) is 14.4 Å². The standard InChI is InChI=1S/C27H38N6O4/c1-5-14-28-26(35)33(20(2)3)19-25(34)29-21-6-10-23(11-7-21)31-15-17-32(18-16-31)27(36)30-22-8-12-24(37-4)13-9-22/h6-13,20H,5,14-19H2,1-4H3,(H,28,35)(H,29,34)(H,30,36). The summed E-state index contributed by atoms with van der Waals surface area (Å²) in [6.07, 6.45) is 0.835. The summed E-state index contributed by atoms with van der Waals surface area (Å²) in [6.45, 7) is 8.93. The molecule has 0 bridgehead atoms. The molecule has 2 aromatic rings. The minimum Gasteiger partial charge on any atom is -0.497 e. The van der Waals surface area contributed by atoms with Crippen LogP contribution >= 0.6 is 0 Å². The number of rotatable bonds is 9. The number of methoxy groups -OCH3 is 1. The summed E-state index contributed by atoms with van der Waals surface area (Å²) in [5.74, 6) is 0.495. The number of urea groups is 2. The predicted octanol–water partition coefficient (Wildman–Crippen LogP) is 3.82.